The molecule has 0 aliphatic carbocycles. The number of hydrogen-bond acceptors (Lipinski definition) is 6. The summed E-state index contributed by atoms with van der Waals surface area (Å²) in [6.07, 6.45) is 2.37. The molecule has 2 N–H and O–H groups in total. The SMILES string of the molecule is CCOC(=O)C(C)NC(=O)C(NC(=O)C(N=Cc1ccc(N(C)C)cc1)C(C)C)C(C)CC. The molecule has 4 atom stereocenters. The topological polar surface area (TPSA) is 100 Å². The average Bonchev–Trinajstić information content (AvgIpc) is 2.77. The first-order valence-electron chi connectivity index (χ1n) is 11.6. The van der Waals surface area contributed by atoms with Crippen molar-refractivity contribution >= 4 is 29.7 Å². The van der Waals surface area contributed by atoms with Crippen molar-refractivity contribution in [2.24, 2.45) is 16.8 Å². The molecule has 1 aromatic carbocycles. The van der Waals surface area contributed by atoms with Crippen LogP contribution in [0.4, 0.5) is 5.69 Å². The van der Waals surface area contributed by atoms with Crippen LogP contribution in [0, 0.1) is 11.8 Å². The van der Waals surface area contributed by atoms with Crippen molar-refractivity contribution in [2.45, 2.75) is 66.1 Å². The Morgan fingerprint density at radius 3 is 2.09 bits per heavy atom. The van der Waals surface area contributed by atoms with Crippen molar-refractivity contribution < 1.29 is 19.1 Å². The van der Waals surface area contributed by atoms with Crippen molar-refractivity contribution in [2.75, 3.05) is 25.6 Å². The van der Waals surface area contributed by atoms with E-state index in [9.17, 15) is 14.4 Å². The van der Waals surface area contributed by atoms with Crippen LogP contribution in [0.25, 0.3) is 0 Å². The number of nitrogens with one attached hydrogen (secondary N) is 2. The van der Waals surface area contributed by atoms with Gasteiger partial charge in [-0.05, 0) is 43.4 Å². The van der Waals surface area contributed by atoms with E-state index in [1.54, 1.807) is 20.1 Å². The molecule has 184 valence electrons. The van der Waals surface area contributed by atoms with Crippen molar-refractivity contribution in [1.29, 1.82) is 0 Å². The summed E-state index contributed by atoms with van der Waals surface area (Å²) >= 11 is 0. The lowest BCUT2D eigenvalue weighted by Gasteiger charge is -2.27. The Morgan fingerprint density at radius 1 is 1.00 bits per heavy atom. The number of amides is 2. The second-order valence-corrected chi connectivity index (χ2v) is 8.81. The predicted molar refractivity (Wildman–Crippen MR) is 133 cm³/mol. The summed E-state index contributed by atoms with van der Waals surface area (Å²) in [6.45, 7) is 11.2. The van der Waals surface area contributed by atoms with Gasteiger partial charge in [-0.25, -0.2) is 4.79 Å². The third kappa shape index (κ3) is 8.86. The molecule has 0 aliphatic rings. The minimum Gasteiger partial charge on any atom is -0.464 e. The van der Waals surface area contributed by atoms with Gasteiger partial charge in [0.25, 0.3) is 0 Å². The lowest BCUT2D eigenvalue weighted by Crippen LogP contribution is -2.55. The fourth-order valence-electron chi connectivity index (χ4n) is 3.14. The Kier molecular flexibility index (Phi) is 11.6. The number of rotatable bonds is 12. The highest BCUT2D eigenvalue weighted by molar-refractivity contribution is 5.93. The molecule has 2 amide bonds. The summed E-state index contributed by atoms with van der Waals surface area (Å²) in [4.78, 5) is 44.4. The Balaban J connectivity index is 2.96. The van der Waals surface area contributed by atoms with Crippen molar-refractivity contribution in [3.63, 3.8) is 0 Å². The van der Waals surface area contributed by atoms with Crippen molar-refractivity contribution in [3.05, 3.63) is 29.8 Å². The number of benzene rings is 1. The zero-order valence-corrected chi connectivity index (χ0v) is 21.2. The number of ether oxygens (including phenoxy) is 1. The van der Waals surface area contributed by atoms with Crippen LogP contribution in [0.2, 0.25) is 0 Å². The van der Waals surface area contributed by atoms with Gasteiger partial charge in [0.2, 0.25) is 11.8 Å². The molecule has 4 unspecified atom stereocenters. The zero-order valence-electron chi connectivity index (χ0n) is 21.2. The standard InChI is InChI=1S/C25H40N4O4/c1-9-17(5)22(24(31)27-18(6)25(32)33-10-2)28-23(30)21(16(3)4)26-15-19-11-13-20(14-12-19)29(7)8/h11-18,21-22H,9-10H2,1-8H3,(H,27,31)(H,28,30). The van der Waals surface area contributed by atoms with E-state index in [2.05, 4.69) is 15.6 Å². The smallest absolute Gasteiger partial charge is 0.328 e. The van der Waals surface area contributed by atoms with Gasteiger partial charge in [0, 0.05) is 26.0 Å². The van der Waals surface area contributed by atoms with Gasteiger partial charge in [0.05, 0.1) is 6.61 Å². The highest BCUT2D eigenvalue weighted by Gasteiger charge is 2.31. The molecule has 0 radical (unpaired) electrons. The summed E-state index contributed by atoms with van der Waals surface area (Å²) in [6, 6.07) is 5.63. The zero-order chi connectivity index (χ0) is 25.1. The first kappa shape index (κ1) is 28.1. The van der Waals surface area contributed by atoms with E-state index in [0.717, 1.165) is 11.3 Å². The lowest BCUT2D eigenvalue weighted by atomic mass is 9.96. The first-order chi connectivity index (χ1) is 15.5. The number of anilines is 1. The van der Waals surface area contributed by atoms with Gasteiger partial charge >= 0.3 is 5.97 Å². The molecule has 33 heavy (non-hydrogen) atoms. The fraction of sp³-hybridized carbons (Fsp3) is 0.600. The maximum Gasteiger partial charge on any atom is 0.328 e. The normalized spacial score (nSPS) is 14.9. The Hall–Kier alpha value is -2.90. The third-order valence-corrected chi connectivity index (χ3v) is 5.49. The minimum absolute atomic E-state index is 0.0682. The van der Waals surface area contributed by atoms with Gasteiger partial charge in [-0.3, -0.25) is 14.6 Å². The molecule has 0 saturated heterocycles. The predicted octanol–water partition coefficient (Wildman–Crippen LogP) is 2.79. The average molecular weight is 461 g/mol. The number of aliphatic imine (C=N–C) groups is 1. The van der Waals surface area contributed by atoms with Crippen LogP contribution in [0.1, 0.15) is 53.5 Å². The van der Waals surface area contributed by atoms with Crippen LogP contribution in [0.15, 0.2) is 29.3 Å². The summed E-state index contributed by atoms with van der Waals surface area (Å²) < 4.78 is 4.95. The highest BCUT2D eigenvalue weighted by Crippen LogP contribution is 2.14. The summed E-state index contributed by atoms with van der Waals surface area (Å²) in [5, 5.41) is 5.52. The molecule has 0 spiro atoms. The Bertz CT molecular complexity index is 805. The van der Waals surface area contributed by atoms with Crippen LogP contribution in [0.3, 0.4) is 0 Å². The first-order valence-corrected chi connectivity index (χ1v) is 11.6. The lowest BCUT2D eigenvalue weighted by molar-refractivity contribution is -0.147. The number of nitrogens with zero attached hydrogens (tertiary/aromatic N) is 2. The molecule has 0 aliphatic heterocycles. The molecule has 8 heteroatoms. The molecule has 8 nitrogen and oxygen atoms in total. The molecule has 0 bridgehead atoms. The molecule has 1 rings (SSSR count). The molecule has 0 saturated carbocycles. The molecule has 0 fully saturated rings. The largest absolute Gasteiger partial charge is 0.464 e. The fourth-order valence-corrected chi connectivity index (χ4v) is 3.14. The van der Waals surface area contributed by atoms with Gasteiger partial charge < -0.3 is 20.3 Å². The number of hydrogen-bond donors (Lipinski definition) is 2. The monoisotopic (exact) mass is 460 g/mol. The second-order valence-electron chi connectivity index (χ2n) is 8.81. The van der Waals surface area contributed by atoms with E-state index >= 15 is 0 Å². The third-order valence-electron chi connectivity index (χ3n) is 5.49. The van der Waals surface area contributed by atoms with Crippen molar-refractivity contribution in [1.82, 2.24) is 10.6 Å². The maximum atomic E-state index is 13.1. The molecular formula is C25H40N4O4. The van der Waals surface area contributed by atoms with Gasteiger partial charge in [0.15, 0.2) is 0 Å². The van der Waals surface area contributed by atoms with Gasteiger partial charge in [-0.2, -0.15) is 0 Å². The van der Waals surface area contributed by atoms with Crippen LogP contribution >= 0.6 is 0 Å². The molecule has 0 aromatic heterocycles. The summed E-state index contributed by atoms with van der Waals surface area (Å²) in [5.41, 5.74) is 1.96. The Morgan fingerprint density at radius 2 is 1.61 bits per heavy atom. The van der Waals surface area contributed by atoms with E-state index in [0.29, 0.717) is 6.42 Å². The molecular weight excluding hydrogens is 420 g/mol. The van der Waals surface area contributed by atoms with Crippen LogP contribution in [0.5, 0.6) is 0 Å². The van der Waals surface area contributed by atoms with Gasteiger partial charge in [-0.1, -0.05) is 46.2 Å². The molecule has 1 aromatic rings. The summed E-state index contributed by atoms with van der Waals surface area (Å²) in [7, 11) is 3.94. The summed E-state index contributed by atoms with van der Waals surface area (Å²) in [5.74, 6) is -1.44. The molecule has 0 heterocycles. The number of carbonyl (C=O) groups is 3. The van der Waals surface area contributed by atoms with E-state index in [4.69, 9.17) is 4.74 Å². The van der Waals surface area contributed by atoms with Gasteiger partial charge in [0.1, 0.15) is 18.1 Å². The quantitative estimate of drug-likeness (QED) is 0.369. The minimum atomic E-state index is -0.801. The van der Waals surface area contributed by atoms with E-state index in [1.807, 2.05) is 71.0 Å². The van der Waals surface area contributed by atoms with Crippen LogP contribution in [-0.2, 0) is 19.1 Å². The highest BCUT2D eigenvalue weighted by atomic mass is 16.5. The van der Waals surface area contributed by atoms with E-state index < -0.39 is 30.0 Å². The van der Waals surface area contributed by atoms with Crippen LogP contribution < -0.4 is 15.5 Å². The number of esters is 1. The van der Waals surface area contributed by atoms with Crippen molar-refractivity contribution in [3.8, 4) is 0 Å². The van der Waals surface area contributed by atoms with E-state index in [1.165, 1.54) is 0 Å². The maximum absolute atomic E-state index is 13.1. The Labute approximate surface area is 198 Å². The second kappa shape index (κ2) is 13.6. The van der Waals surface area contributed by atoms with Crippen LogP contribution in [-0.4, -0.2) is 62.8 Å². The number of carbonyl (C=O) groups excluding carboxylic acids is 3. The van der Waals surface area contributed by atoms with Gasteiger partial charge in [-0.15, -0.1) is 0 Å². The van der Waals surface area contributed by atoms with E-state index in [-0.39, 0.29) is 24.3 Å².